The number of nitrogens with one attached hydrogen (secondary N) is 1. The van der Waals surface area contributed by atoms with Crippen molar-refractivity contribution in [2.75, 3.05) is 12.4 Å². The van der Waals surface area contributed by atoms with E-state index >= 15 is 0 Å². The van der Waals surface area contributed by atoms with Gasteiger partial charge in [0.2, 0.25) is 5.91 Å². The van der Waals surface area contributed by atoms with E-state index in [-0.39, 0.29) is 12.3 Å². The summed E-state index contributed by atoms with van der Waals surface area (Å²) in [6, 6.07) is 9.78. The first-order valence-corrected chi connectivity index (χ1v) is 9.30. The second kappa shape index (κ2) is 7.58. The van der Waals surface area contributed by atoms with E-state index < -0.39 is 5.97 Å². The summed E-state index contributed by atoms with van der Waals surface area (Å²) in [5.74, 6) is -0.676. The molecule has 1 amide bonds. The Kier molecular flexibility index (Phi) is 5.25. The van der Waals surface area contributed by atoms with E-state index in [4.69, 9.17) is 4.74 Å². The molecule has 0 spiro atoms. The average Bonchev–Trinajstić information content (AvgIpc) is 3.23. The van der Waals surface area contributed by atoms with Crippen LogP contribution in [0.5, 0.6) is 0 Å². The number of aromatic nitrogens is 1. The number of nitrogens with zero attached hydrogens (tertiary/aromatic N) is 1. The van der Waals surface area contributed by atoms with Crippen LogP contribution in [0.3, 0.4) is 0 Å². The Hall–Kier alpha value is -2.51. The molecule has 0 atom stereocenters. The van der Waals surface area contributed by atoms with Crippen molar-refractivity contribution in [3.8, 4) is 10.6 Å². The van der Waals surface area contributed by atoms with Gasteiger partial charge in [-0.25, -0.2) is 9.78 Å². The number of thiazole rings is 1. The van der Waals surface area contributed by atoms with Crippen molar-refractivity contribution in [3.63, 3.8) is 0 Å². The normalized spacial score (nSPS) is 10.5. The van der Waals surface area contributed by atoms with Gasteiger partial charge < -0.3 is 10.1 Å². The van der Waals surface area contributed by atoms with Gasteiger partial charge in [0, 0.05) is 10.9 Å². The number of aryl methyl sites for hydroxylation is 1. The van der Waals surface area contributed by atoms with Gasteiger partial charge in [-0.05, 0) is 24.4 Å². The van der Waals surface area contributed by atoms with Crippen LogP contribution in [0, 0.1) is 6.92 Å². The highest BCUT2D eigenvalue weighted by molar-refractivity contribution is 7.13. The molecule has 0 radical (unpaired) electrons. The molecule has 2 aromatic heterocycles. The summed E-state index contributed by atoms with van der Waals surface area (Å²) < 4.78 is 4.71. The molecule has 0 aliphatic heterocycles. The zero-order valence-corrected chi connectivity index (χ0v) is 15.4. The number of hydrogen-bond acceptors (Lipinski definition) is 6. The maximum absolute atomic E-state index is 12.2. The Balaban J connectivity index is 1.68. The summed E-state index contributed by atoms with van der Waals surface area (Å²) in [5, 5.41) is 7.25. The van der Waals surface area contributed by atoms with E-state index in [1.807, 2.05) is 30.5 Å². The SMILES string of the molecule is COC(=O)c1sccc1NC(=O)Cc1csc(-c2cccc(C)c2)n1. The lowest BCUT2D eigenvalue weighted by atomic mass is 10.1. The predicted octanol–water partition coefficient (Wildman–Crippen LogP) is 4.15. The van der Waals surface area contributed by atoms with Crippen LogP contribution in [-0.4, -0.2) is 24.0 Å². The van der Waals surface area contributed by atoms with E-state index in [2.05, 4.69) is 16.4 Å². The Morgan fingerprint density at radius 2 is 2.08 bits per heavy atom. The number of amides is 1. The minimum absolute atomic E-state index is 0.152. The topological polar surface area (TPSA) is 68.3 Å². The Labute approximate surface area is 153 Å². The highest BCUT2D eigenvalue weighted by atomic mass is 32.1. The Morgan fingerprint density at radius 3 is 2.84 bits per heavy atom. The fourth-order valence-electron chi connectivity index (χ4n) is 2.32. The van der Waals surface area contributed by atoms with Gasteiger partial charge in [0.25, 0.3) is 0 Å². The van der Waals surface area contributed by atoms with Crippen molar-refractivity contribution in [1.82, 2.24) is 4.98 Å². The zero-order chi connectivity index (χ0) is 17.8. The van der Waals surface area contributed by atoms with Crippen LogP contribution in [0.4, 0.5) is 5.69 Å². The lowest BCUT2D eigenvalue weighted by Crippen LogP contribution is -2.16. The lowest BCUT2D eigenvalue weighted by molar-refractivity contribution is -0.115. The van der Waals surface area contributed by atoms with Crippen LogP contribution in [0.15, 0.2) is 41.1 Å². The number of esters is 1. The van der Waals surface area contributed by atoms with E-state index in [1.165, 1.54) is 35.3 Å². The molecular formula is C18H16N2O3S2. The number of hydrogen-bond donors (Lipinski definition) is 1. The number of rotatable bonds is 5. The molecule has 0 fully saturated rings. The van der Waals surface area contributed by atoms with Crippen LogP contribution >= 0.6 is 22.7 Å². The fraction of sp³-hybridized carbons (Fsp3) is 0.167. The highest BCUT2D eigenvalue weighted by Crippen LogP contribution is 2.26. The molecule has 0 unspecified atom stereocenters. The monoisotopic (exact) mass is 372 g/mol. The lowest BCUT2D eigenvalue weighted by Gasteiger charge is -2.04. The minimum Gasteiger partial charge on any atom is -0.465 e. The van der Waals surface area contributed by atoms with Gasteiger partial charge in [0.15, 0.2) is 0 Å². The molecule has 2 heterocycles. The van der Waals surface area contributed by atoms with Crippen molar-refractivity contribution < 1.29 is 14.3 Å². The molecule has 7 heteroatoms. The zero-order valence-electron chi connectivity index (χ0n) is 13.7. The number of benzene rings is 1. The van der Waals surface area contributed by atoms with Crippen molar-refractivity contribution in [2.45, 2.75) is 13.3 Å². The van der Waals surface area contributed by atoms with Crippen LogP contribution in [0.2, 0.25) is 0 Å². The summed E-state index contributed by atoms with van der Waals surface area (Å²) in [6.45, 7) is 2.03. The highest BCUT2D eigenvalue weighted by Gasteiger charge is 2.16. The number of ether oxygens (including phenoxy) is 1. The number of thiophene rings is 1. The van der Waals surface area contributed by atoms with Gasteiger partial charge in [0.1, 0.15) is 9.88 Å². The molecule has 5 nitrogen and oxygen atoms in total. The van der Waals surface area contributed by atoms with Crippen LogP contribution in [0.25, 0.3) is 10.6 Å². The first kappa shape index (κ1) is 17.3. The molecule has 1 aromatic carbocycles. The third-order valence-electron chi connectivity index (χ3n) is 3.47. The third-order valence-corrected chi connectivity index (χ3v) is 5.30. The summed E-state index contributed by atoms with van der Waals surface area (Å²) in [5.41, 5.74) is 3.38. The first-order valence-electron chi connectivity index (χ1n) is 7.54. The second-order valence-electron chi connectivity index (χ2n) is 5.39. The first-order chi connectivity index (χ1) is 12.1. The molecule has 128 valence electrons. The molecule has 0 saturated heterocycles. The van der Waals surface area contributed by atoms with Gasteiger partial charge in [-0.15, -0.1) is 22.7 Å². The van der Waals surface area contributed by atoms with Gasteiger partial charge >= 0.3 is 5.97 Å². The number of anilines is 1. The Bertz CT molecular complexity index is 914. The molecular weight excluding hydrogens is 356 g/mol. The summed E-state index contributed by atoms with van der Waals surface area (Å²) in [7, 11) is 1.32. The van der Waals surface area contributed by atoms with Crippen LogP contribution < -0.4 is 5.32 Å². The van der Waals surface area contributed by atoms with Gasteiger partial charge in [0.05, 0.1) is 24.9 Å². The van der Waals surface area contributed by atoms with Crippen molar-refractivity contribution >= 4 is 40.2 Å². The van der Waals surface area contributed by atoms with Gasteiger partial charge in [-0.2, -0.15) is 0 Å². The maximum atomic E-state index is 12.2. The fourth-order valence-corrected chi connectivity index (χ4v) is 3.90. The molecule has 25 heavy (non-hydrogen) atoms. The molecule has 3 rings (SSSR count). The van der Waals surface area contributed by atoms with E-state index in [1.54, 1.807) is 11.4 Å². The summed E-state index contributed by atoms with van der Waals surface area (Å²) >= 11 is 2.74. The average molecular weight is 372 g/mol. The third kappa shape index (κ3) is 4.12. The molecule has 0 aliphatic rings. The van der Waals surface area contributed by atoms with Crippen LogP contribution in [0.1, 0.15) is 20.9 Å². The van der Waals surface area contributed by atoms with Crippen molar-refractivity contribution in [1.29, 1.82) is 0 Å². The number of carbonyl (C=O) groups excluding carboxylic acids is 2. The van der Waals surface area contributed by atoms with Crippen LogP contribution in [-0.2, 0) is 16.0 Å². The molecule has 0 aliphatic carbocycles. The van der Waals surface area contributed by atoms with Crippen molar-refractivity contribution in [3.05, 3.63) is 57.2 Å². The summed E-state index contributed by atoms with van der Waals surface area (Å²) in [6.07, 6.45) is 0.152. The Morgan fingerprint density at radius 1 is 1.24 bits per heavy atom. The molecule has 3 aromatic rings. The second-order valence-corrected chi connectivity index (χ2v) is 7.17. The van der Waals surface area contributed by atoms with E-state index in [9.17, 15) is 9.59 Å². The molecule has 1 N–H and O–H groups in total. The van der Waals surface area contributed by atoms with Gasteiger partial charge in [-0.3, -0.25) is 4.79 Å². The minimum atomic E-state index is -0.458. The largest absolute Gasteiger partial charge is 0.465 e. The smallest absolute Gasteiger partial charge is 0.350 e. The quantitative estimate of drug-likeness (QED) is 0.683. The standard InChI is InChI=1S/C18H16N2O3S2/c1-11-4-3-5-12(8-11)17-19-13(10-25-17)9-15(21)20-14-6-7-24-16(14)18(22)23-2/h3-8,10H,9H2,1-2H3,(H,20,21). The van der Waals surface area contributed by atoms with E-state index in [0.717, 1.165) is 10.6 Å². The summed E-state index contributed by atoms with van der Waals surface area (Å²) in [4.78, 5) is 28.8. The number of carbonyl (C=O) groups is 2. The van der Waals surface area contributed by atoms with Crippen molar-refractivity contribution in [2.24, 2.45) is 0 Å². The predicted molar refractivity (Wildman–Crippen MR) is 100 cm³/mol. The van der Waals surface area contributed by atoms with E-state index in [0.29, 0.717) is 16.3 Å². The molecule has 0 bridgehead atoms. The maximum Gasteiger partial charge on any atom is 0.350 e. The molecule has 0 saturated carbocycles. The number of methoxy groups -OCH3 is 1. The van der Waals surface area contributed by atoms with Gasteiger partial charge in [-0.1, -0.05) is 23.8 Å².